The number of nitro groups is 1. The van der Waals surface area contributed by atoms with E-state index in [4.69, 9.17) is 9.47 Å². The quantitative estimate of drug-likeness (QED) is 0.199. The molecule has 1 atom stereocenters. The Hall–Kier alpha value is -3.85. The van der Waals surface area contributed by atoms with E-state index in [1.54, 1.807) is 0 Å². The highest BCUT2D eigenvalue weighted by Gasteiger charge is 2.24. The van der Waals surface area contributed by atoms with Crippen LogP contribution < -0.4 is 10.1 Å². The molecule has 3 aromatic rings. The van der Waals surface area contributed by atoms with Crippen molar-refractivity contribution in [3.63, 3.8) is 0 Å². The van der Waals surface area contributed by atoms with Gasteiger partial charge in [0.15, 0.2) is 0 Å². The zero-order valence-electron chi connectivity index (χ0n) is 17.6. The van der Waals surface area contributed by atoms with E-state index in [2.05, 4.69) is 5.32 Å². The van der Waals surface area contributed by atoms with Gasteiger partial charge in [-0.2, -0.15) is 11.8 Å². The number of carbonyl (C=O) groups is 2. The second kappa shape index (κ2) is 12.3. The molecule has 8 nitrogen and oxygen atoms in total. The molecule has 0 radical (unpaired) electrons. The Labute approximate surface area is 195 Å². The minimum Gasteiger partial charge on any atom is -0.445 e. The van der Waals surface area contributed by atoms with Crippen LogP contribution in [0.3, 0.4) is 0 Å². The van der Waals surface area contributed by atoms with Crippen LogP contribution in [0.5, 0.6) is 5.75 Å². The maximum atomic E-state index is 12.7. The molecule has 0 aliphatic heterocycles. The normalized spacial score (nSPS) is 11.3. The Bertz CT molecular complexity index is 1060. The summed E-state index contributed by atoms with van der Waals surface area (Å²) in [7, 11) is 0. The number of nitro benzene ring substituents is 1. The van der Waals surface area contributed by atoms with Crippen molar-refractivity contribution in [3.8, 4) is 5.75 Å². The van der Waals surface area contributed by atoms with Crippen molar-refractivity contribution in [2.45, 2.75) is 18.4 Å². The highest BCUT2D eigenvalue weighted by molar-refractivity contribution is 7.98. The lowest BCUT2D eigenvalue weighted by molar-refractivity contribution is -0.384. The summed E-state index contributed by atoms with van der Waals surface area (Å²) in [6, 6.07) is 23.1. The van der Waals surface area contributed by atoms with Crippen LogP contribution in [-0.2, 0) is 21.9 Å². The van der Waals surface area contributed by atoms with E-state index in [-0.39, 0.29) is 23.8 Å². The van der Waals surface area contributed by atoms with Gasteiger partial charge in [0.1, 0.15) is 18.4 Å². The maximum Gasteiger partial charge on any atom is 0.408 e. The SMILES string of the molecule is O=C(NC(CSCc1ccccc1)C(=O)Oc1ccc([N+](=O)[O-])cc1)OCc1ccccc1. The second-order valence-electron chi connectivity index (χ2n) is 6.93. The summed E-state index contributed by atoms with van der Waals surface area (Å²) >= 11 is 1.46. The summed E-state index contributed by atoms with van der Waals surface area (Å²) in [6.07, 6.45) is -0.746. The van der Waals surface area contributed by atoms with Gasteiger partial charge in [-0.05, 0) is 23.3 Å². The third-order valence-electron chi connectivity index (χ3n) is 4.45. The lowest BCUT2D eigenvalue weighted by Gasteiger charge is -2.17. The first kappa shape index (κ1) is 23.8. The standard InChI is InChI=1S/C24H22N2O6S/c27-23(32-21-13-11-20(12-14-21)26(29)30)22(17-33-16-19-9-5-2-6-10-19)25-24(28)31-15-18-7-3-1-4-8-18/h1-14,22H,15-17H2,(H,25,28). The molecule has 0 bridgehead atoms. The van der Waals surface area contributed by atoms with Crippen LogP contribution in [0, 0.1) is 10.1 Å². The van der Waals surface area contributed by atoms with E-state index in [9.17, 15) is 19.7 Å². The van der Waals surface area contributed by atoms with Gasteiger partial charge in [0.25, 0.3) is 5.69 Å². The first-order chi connectivity index (χ1) is 16.0. The van der Waals surface area contributed by atoms with Crippen LogP contribution in [0.4, 0.5) is 10.5 Å². The van der Waals surface area contributed by atoms with E-state index in [1.807, 2.05) is 60.7 Å². The van der Waals surface area contributed by atoms with Gasteiger partial charge in [0.2, 0.25) is 0 Å². The smallest absolute Gasteiger partial charge is 0.408 e. The van der Waals surface area contributed by atoms with E-state index < -0.39 is 23.0 Å². The molecule has 0 aromatic heterocycles. The number of benzene rings is 3. The summed E-state index contributed by atoms with van der Waals surface area (Å²) in [6.45, 7) is 0.0634. The molecule has 0 heterocycles. The third kappa shape index (κ3) is 7.97. The van der Waals surface area contributed by atoms with Gasteiger partial charge >= 0.3 is 12.1 Å². The van der Waals surface area contributed by atoms with E-state index in [0.29, 0.717) is 5.75 Å². The number of esters is 1. The number of thioether (sulfide) groups is 1. The number of carbonyl (C=O) groups excluding carboxylic acids is 2. The number of ether oxygens (including phenoxy) is 2. The Balaban J connectivity index is 1.60. The van der Waals surface area contributed by atoms with Crippen molar-refractivity contribution in [1.29, 1.82) is 0 Å². The molecule has 0 fully saturated rings. The number of hydrogen-bond donors (Lipinski definition) is 1. The van der Waals surface area contributed by atoms with Crippen LogP contribution in [0.2, 0.25) is 0 Å². The fourth-order valence-corrected chi connectivity index (χ4v) is 3.77. The monoisotopic (exact) mass is 466 g/mol. The fourth-order valence-electron chi connectivity index (χ4n) is 2.77. The summed E-state index contributed by atoms with van der Waals surface area (Å²) in [5.41, 5.74) is 1.78. The van der Waals surface area contributed by atoms with Crippen LogP contribution in [0.1, 0.15) is 11.1 Å². The molecular formula is C24H22N2O6S. The molecule has 0 spiro atoms. The van der Waals surface area contributed by atoms with Gasteiger partial charge in [-0.1, -0.05) is 60.7 Å². The van der Waals surface area contributed by atoms with Gasteiger partial charge in [-0.15, -0.1) is 0 Å². The van der Waals surface area contributed by atoms with Gasteiger partial charge in [-0.3, -0.25) is 10.1 Å². The van der Waals surface area contributed by atoms with E-state index in [1.165, 1.54) is 36.0 Å². The number of non-ortho nitro benzene ring substituents is 1. The lowest BCUT2D eigenvalue weighted by Crippen LogP contribution is -2.45. The second-order valence-corrected chi connectivity index (χ2v) is 7.96. The predicted octanol–water partition coefficient (Wildman–Crippen LogP) is 4.73. The largest absolute Gasteiger partial charge is 0.445 e. The summed E-state index contributed by atoms with van der Waals surface area (Å²) < 4.78 is 10.6. The number of nitrogens with zero attached hydrogens (tertiary/aromatic N) is 1. The molecule has 0 aliphatic carbocycles. The van der Waals surface area contributed by atoms with Gasteiger partial charge in [-0.25, -0.2) is 9.59 Å². The minimum atomic E-state index is -0.975. The number of rotatable bonds is 10. The topological polar surface area (TPSA) is 108 Å². The Morgan fingerprint density at radius 3 is 2.12 bits per heavy atom. The average molecular weight is 467 g/mol. The summed E-state index contributed by atoms with van der Waals surface area (Å²) in [5.74, 6) is 0.341. The molecule has 33 heavy (non-hydrogen) atoms. The number of hydrogen-bond acceptors (Lipinski definition) is 7. The summed E-state index contributed by atoms with van der Waals surface area (Å²) in [5, 5.41) is 13.4. The molecule has 170 valence electrons. The molecule has 3 aromatic carbocycles. The van der Waals surface area contributed by atoms with Crippen LogP contribution >= 0.6 is 11.8 Å². The van der Waals surface area contributed by atoms with Crippen molar-refractivity contribution in [2.75, 3.05) is 5.75 Å². The molecular weight excluding hydrogens is 444 g/mol. The van der Waals surface area contributed by atoms with Crippen molar-refractivity contribution < 1.29 is 24.0 Å². The highest BCUT2D eigenvalue weighted by Crippen LogP contribution is 2.19. The molecule has 0 aliphatic rings. The van der Waals surface area contributed by atoms with Gasteiger partial charge < -0.3 is 14.8 Å². The van der Waals surface area contributed by atoms with Gasteiger partial charge in [0.05, 0.1) is 4.92 Å². The first-order valence-electron chi connectivity index (χ1n) is 10.1. The number of amides is 1. The average Bonchev–Trinajstić information content (AvgIpc) is 2.84. The zero-order valence-corrected chi connectivity index (χ0v) is 18.4. The van der Waals surface area contributed by atoms with Crippen molar-refractivity contribution in [2.24, 2.45) is 0 Å². The van der Waals surface area contributed by atoms with Gasteiger partial charge in [0, 0.05) is 23.6 Å². The van der Waals surface area contributed by atoms with Crippen molar-refractivity contribution in [3.05, 3.63) is 106 Å². The predicted molar refractivity (Wildman–Crippen MR) is 125 cm³/mol. The molecule has 3 rings (SSSR count). The molecule has 1 amide bonds. The maximum absolute atomic E-state index is 12.7. The van der Waals surface area contributed by atoms with Crippen LogP contribution in [-0.4, -0.2) is 28.8 Å². The summed E-state index contributed by atoms with van der Waals surface area (Å²) in [4.78, 5) is 35.3. The molecule has 0 saturated carbocycles. The third-order valence-corrected chi connectivity index (χ3v) is 5.56. The Kier molecular flexibility index (Phi) is 8.84. The molecule has 9 heteroatoms. The van der Waals surface area contributed by atoms with E-state index >= 15 is 0 Å². The van der Waals surface area contributed by atoms with E-state index in [0.717, 1.165) is 11.1 Å². The highest BCUT2D eigenvalue weighted by atomic mass is 32.2. The fraction of sp³-hybridized carbons (Fsp3) is 0.167. The van der Waals surface area contributed by atoms with Crippen LogP contribution in [0.25, 0.3) is 0 Å². The zero-order chi connectivity index (χ0) is 23.5. The minimum absolute atomic E-state index is 0.0634. The molecule has 1 N–H and O–H groups in total. The van der Waals surface area contributed by atoms with Crippen molar-refractivity contribution >= 4 is 29.5 Å². The first-order valence-corrected chi connectivity index (χ1v) is 11.2. The number of alkyl carbamates (subject to hydrolysis) is 1. The number of nitrogens with one attached hydrogen (secondary N) is 1. The Morgan fingerprint density at radius 1 is 0.909 bits per heavy atom. The molecule has 0 saturated heterocycles. The lowest BCUT2D eigenvalue weighted by atomic mass is 10.2. The van der Waals surface area contributed by atoms with Crippen molar-refractivity contribution in [1.82, 2.24) is 5.32 Å². The van der Waals surface area contributed by atoms with Crippen LogP contribution in [0.15, 0.2) is 84.9 Å². The molecule has 1 unspecified atom stereocenters. The Morgan fingerprint density at radius 2 is 1.52 bits per heavy atom.